The van der Waals surface area contributed by atoms with Crippen LogP contribution in [0.5, 0.6) is 0 Å². The zero-order valence-electron chi connectivity index (χ0n) is 9.87. The Morgan fingerprint density at radius 2 is 2.00 bits per heavy atom. The Bertz CT molecular complexity index is 546. The number of carbonyl (C=O) groups is 1. The summed E-state index contributed by atoms with van der Waals surface area (Å²) in [5, 5.41) is 8.70. The number of rotatable bonds is 5. The highest BCUT2D eigenvalue weighted by molar-refractivity contribution is 7.86. The second-order valence-electron chi connectivity index (χ2n) is 4.49. The van der Waals surface area contributed by atoms with Gasteiger partial charge < -0.3 is 5.11 Å². The van der Waals surface area contributed by atoms with Crippen LogP contribution in [-0.2, 0) is 19.1 Å². The van der Waals surface area contributed by atoms with Gasteiger partial charge in [0.2, 0.25) is 0 Å². The highest BCUT2D eigenvalue weighted by Crippen LogP contribution is 2.39. The number of carboxylic acid groups (broad SMARTS) is 1. The molecule has 0 heterocycles. The van der Waals surface area contributed by atoms with Crippen LogP contribution < -0.4 is 0 Å². The van der Waals surface area contributed by atoms with Crippen molar-refractivity contribution in [3.8, 4) is 0 Å². The van der Waals surface area contributed by atoms with Gasteiger partial charge in [0.1, 0.15) is 0 Å². The van der Waals surface area contributed by atoms with Crippen LogP contribution in [0.1, 0.15) is 12.0 Å². The third kappa shape index (κ3) is 2.88. The molecule has 1 aliphatic rings. The van der Waals surface area contributed by atoms with E-state index in [2.05, 4.69) is 0 Å². The molecule has 1 N–H and O–H groups in total. The Balaban J connectivity index is 1.96. The summed E-state index contributed by atoms with van der Waals surface area (Å²) in [7, 11) is -3.77. The van der Waals surface area contributed by atoms with Gasteiger partial charge in [-0.2, -0.15) is 8.42 Å². The van der Waals surface area contributed by atoms with Crippen LogP contribution in [0.4, 0.5) is 0 Å². The molecule has 0 spiro atoms. The largest absolute Gasteiger partial charge is 0.481 e. The highest BCUT2D eigenvalue weighted by Gasteiger charge is 2.44. The summed E-state index contributed by atoms with van der Waals surface area (Å²) in [6.45, 7) is 1.80. The van der Waals surface area contributed by atoms with E-state index in [0.717, 1.165) is 5.56 Å². The Hall–Kier alpha value is -1.40. The molecule has 1 saturated carbocycles. The summed E-state index contributed by atoms with van der Waals surface area (Å²) in [5.41, 5.74) is 0.960. The third-order valence-electron chi connectivity index (χ3n) is 2.99. The minimum Gasteiger partial charge on any atom is -0.481 e. The number of carboxylic acids is 1. The first-order valence-electron chi connectivity index (χ1n) is 5.59. The van der Waals surface area contributed by atoms with Crippen LogP contribution in [0.3, 0.4) is 0 Å². The maximum absolute atomic E-state index is 11.8. The number of aryl methyl sites for hydroxylation is 1. The standard InChI is InChI=1S/C12H14O5S/c1-8-2-4-10(5-3-8)18(15,16)17-7-9-6-11(9)12(13)14/h2-5,9,11H,6-7H2,1H3,(H,13,14)/t9-,11-/m1/s1. The number of hydrogen-bond donors (Lipinski definition) is 1. The fraction of sp³-hybridized carbons (Fsp3) is 0.417. The van der Waals surface area contributed by atoms with Crippen LogP contribution in [0.25, 0.3) is 0 Å². The van der Waals surface area contributed by atoms with Crippen molar-refractivity contribution in [3.05, 3.63) is 29.8 Å². The third-order valence-corrected chi connectivity index (χ3v) is 4.28. The molecule has 98 valence electrons. The fourth-order valence-electron chi connectivity index (χ4n) is 1.68. The Morgan fingerprint density at radius 1 is 1.39 bits per heavy atom. The van der Waals surface area contributed by atoms with Crippen LogP contribution >= 0.6 is 0 Å². The molecule has 1 aliphatic carbocycles. The van der Waals surface area contributed by atoms with Crippen molar-refractivity contribution >= 4 is 16.1 Å². The lowest BCUT2D eigenvalue weighted by molar-refractivity contribution is -0.138. The van der Waals surface area contributed by atoms with Crippen LogP contribution in [0.2, 0.25) is 0 Å². The Morgan fingerprint density at radius 3 is 2.50 bits per heavy atom. The van der Waals surface area contributed by atoms with Crippen molar-refractivity contribution in [2.24, 2.45) is 11.8 Å². The normalized spacial score (nSPS) is 22.7. The zero-order valence-corrected chi connectivity index (χ0v) is 10.7. The molecule has 2 rings (SSSR count). The van der Waals surface area contributed by atoms with E-state index in [1.165, 1.54) is 12.1 Å². The first-order chi connectivity index (χ1) is 8.40. The molecule has 1 fully saturated rings. The summed E-state index contributed by atoms with van der Waals surface area (Å²) < 4.78 is 28.4. The predicted molar refractivity (Wildman–Crippen MR) is 63.5 cm³/mol. The molecule has 0 radical (unpaired) electrons. The van der Waals surface area contributed by atoms with E-state index in [-0.39, 0.29) is 17.4 Å². The first kappa shape index (κ1) is 13.0. The number of benzene rings is 1. The minimum atomic E-state index is -3.77. The highest BCUT2D eigenvalue weighted by atomic mass is 32.2. The molecule has 2 atom stereocenters. The summed E-state index contributed by atoms with van der Waals surface area (Å²) >= 11 is 0. The van der Waals surface area contributed by atoms with Gasteiger partial charge in [0, 0.05) is 0 Å². The zero-order chi connectivity index (χ0) is 13.3. The summed E-state index contributed by atoms with van der Waals surface area (Å²) in [6, 6.07) is 6.33. The molecule has 0 unspecified atom stereocenters. The molecular weight excluding hydrogens is 256 g/mol. The summed E-state index contributed by atoms with van der Waals surface area (Å²) in [6.07, 6.45) is 0.485. The van der Waals surface area contributed by atoms with Gasteiger partial charge in [-0.3, -0.25) is 8.98 Å². The quantitative estimate of drug-likeness (QED) is 0.818. The molecule has 6 heteroatoms. The Labute approximate surface area is 106 Å². The first-order valence-corrected chi connectivity index (χ1v) is 7.00. The van der Waals surface area contributed by atoms with Gasteiger partial charge in [-0.1, -0.05) is 17.7 Å². The molecule has 18 heavy (non-hydrogen) atoms. The molecule has 1 aromatic rings. The molecule has 0 bridgehead atoms. The summed E-state index contributed by atoms with van der Waals surface area (Å²) in [4.78, 5) is 10.7. The lowest BCUT2D eigenvalue weighted by Crippen LogP contribution is -2.11. The molecular formula is C12H14O5S. The number of hydrogen-bond acceptors (Lipinski definition) is 4. The molecule has 0 aliphatic heterocycles. The van der Waals surface area contributed by atoms with E-state index in [9.17, 15) is 13.2 Å². The smallest absolute Gasteiger partial charge is 0.306 e. The van der Waals surface area contributed by atoms with Crippen LogP contribution in [0, 0.1) is 18.8 Å². The van der Waals surface area contributed by atoms with Gasteiger partial charge in [-0.25, -0.2) is 0 Å². The molecule has 5 nitrogen and oxygen atoms in total. The molecule has 1 aromatic carbocycles. The molecule has 0 saturated heterocycles. The van der Waals surface area contributed by atoms with Crippen molar-refractivity contribution in [2.45, 2.75) is 18.2 Å². The summed E-state index contributed by atoms with van der Waals surface area (Å²) in [5.74, 6) is -1.54. The second-order valence-corrected chi connectivity index (χ2v) is 6.11. The lowest BCUT2D eigenvalue weighted by atomic mass is 10.2. The van der Waals surface area contributed by atoms with Crippen LogP contribution in [0.15, 0.2) is 29.2 Å². The van der Waals surface area contributed by atoms with Crippen molar-refractivity contribution < 1.29 is 22.5 Å². The van der Waals surface area contributed by atoms with Gasteiger partial charge in [0.15, 0.2) is 0 Å². The average Bonchev–Trinajstić information content (AvgIpc) is 3.06. The van der Waals surface area contributed by atoms with E-state index < -0.39 is 22.0 Å². The molecule has 0 aromatic heterocycles. The SMILES string of the molecule is Cc1ccc(S(=O)(=O)OC[C@H]2C[C@H]2C(=O)O)cc1. The van der Waals surface area contributed by atoms with E-state index in [1.807, 2.05) is 6.92 Å². The van der Waals surface area contributed by atoms with Crippen molar-refractivity contribution in [1.82, 2.24) is 0 Å². The van der Waals surface area contributed by atoms with E-state index in [4.69, 9.17) is 9.29 Å². The molecule has 0 amide bonds. The maximum atomic E-state index is 11.8. The van der Waals surface area contributed by atoms with Gasteiger partial charge in [0.05, 0.1) is 17.4 Å². The van der Waals surface area contributed by atoms with E-state index in [0.29, 0.717) is 6.42 Å². The second kappa shape index (κ2) is 4.70. The Kier molecular flexibility index (Phi) is 3.41. The topological polar surface area (TPSA) is 80.7 Å². The van der Waals surface area contributed by atoms with E-state index in [1.54, 1.807) is 12.1 Å². The number of aliphatic carboxylic acids is 1. The minimum absolute atomic E-state index is 0.0623. The van der Waals surface area contributed by atoms with Crippen molar-refractivity contribution in [3.63, 3.8) is 0 Å². The van der Waals surface area contributed by atoms with Crippen molar-refractivity contribution in [1.29, 1.82) is 0 Å². The van der Waals surface area contributed by atoms with Gasteiger partial charge in [-0.15, -0.1) is 0 Å². The average molecular weight is 270 g/mol. The maximum Gasteiger partial charge on any atom is 0.306 e. The predicted octanol–water partition coefficient (Wildman–Crippen LogP) is 1.42. The van der Waals surface area contributed by atoms with Crippen molar-refractivity contribution in [2.75, 3.05) is 6.61 Å². The fourth-order valence-corrected chi connectivity index (χ4v) is 2.64. The van der Waals surface area contributed by atoms with Gasteiger partial charge >= 0.3 is 5.97 Å². The lowest BCUT2D eigenvalue weighted by Gasteiger charge is -2.05. The van der Waals surface area contributed by atoms with Crippen LogP contribution in [-0.4, -0.2) is 26.1 Å². The monoisotopic (exact) mass is 270 g/mol. The van der Waals surface area contributed by atoms with E-state index >= 15 is 0 Å². The van der Waals surface area contributed by atoms with Gasteiger partial charge in [-0.05, 0) is 31.4 Å². The van der Waals surface area contributed by atoms with Gasteiger partial charge in [0.25, 0.3) is 10.1 Å².